The first kappa shape index (κ1) is 7.04. The zero-order valence-electron chi connectivity index (χ0n) is 5.78. The van der Waals surface area contributed by atoms with Crippen LogP contribution in [-0.2, 0) is 0 Å². The Morgan fingerprint density at radius 3 is 2.90 bits per heavy atom. The number of hydrogen-bond donors (Lipinski definition) is 1. The third-order valence-corrected chi connectivity index (χ3v) is 1.60. The summed E-state index contributed by atoms with van der Waals surface area (Å²) >= 11 is 0. The number of aliphatic hydroxyl groups is 1. The van der Waals surface area contributed by atoms with Crippen molar-refractivity contribution in [2.24, 2.45) is 5.92 Å². The fraction of sp³-hybridized carbons (Fsp3) is 0.375. The molecule has 0 aromatic rings. The normalized spacial score (nSPS) is 25.7. The summed E-state index contributed by atoms with van der Waals surface area (Å²) in [6, 6.07) is 2.03. The smallest absolute Gasteiger partial charge is 0.0954 e. The molecule has 2 atom stereocenters. The highest BCUT2D eigenvalue weighted by Crippen LogP contribution is 2.21. The molecule has 0 spiro atoms. The Morgan fingerprint density at radius 1 is 1.80 bits per heavy atom. The number of nitriles is 1. The molecule has 2 nitrogen and oxygen atoms in total. The molecule has 2 heteroatoms. The molecular formula is C8H9NO. The van der Waals surface area contributed by atoms with Crippen LogP contribution in [0.3, 0.4) is 0 Å². The van der Waals surface area contributed by atoms with Crippen LogP contribution in [0.5, 0.6) is 0 Å². The monoisotopic (exact) mass is 135 g/mol. The summed E-state index contributed by atoms with van der Waals surface area (Å²) in [5.41, 5.74) is 0.648. The second kappa shape index (κ2) is 2.68. The largest absolute Gasteiger partial charge is 0.392 e. The second-order valence-electron chi connectivity index (χ2n) is 2.39. The van der Waals surface area contributed by atoms with Crippen molar-refractivity contribution in [2.75, 3.05) is 0 Å². The van der Waals surface area contributed by atoms with E-state index in [-0.39, 0.29) is 5.92 Å². The van der Waals surface area contributed by atoms with Gasteiger partial charge in [0.25, 0.3) is 0 Å². The number of hydrogen-bond acceptors (Lipinski definition) is 2. The Hall–Kier alpha value is -1.07. The highest BCUT2D eigenvalue weighted by molar-refractivity contribution is 5.37. The molecule has 1 N–H and O–H groups in total. The molecule has 10 heavy (non-hydrogen) atoms. The summed E-state index contributed by atoms with van der Waals surface area (Å²) in [6.07, 6.45) is 4.92. The van der Waals surface area contributed by atoms with Gasteiger partial charge in [0.2, 0.25) is 0 Å². The zero-order valence-corrected chi connectivity index (χ0v) is 5.78. The molecule has 2 unspecified atom stereocenters. The van der Waals surface area contributed by atoms with Crippen LogP contribution >= 0.6 is 0 Å². The topological polar surface area (TPSA) is 44.0 Å². The molecule has 0 radical (unpaired) electrons. The van der Waals surface area contributed by atoms with E-state index in [0.717, 1.165) is 0 Å². The molecule has 0 aromatic heterocycles. The number of allylic oxidation sites excluding steroid dienone is 2. The van der Waals surface area contributed by atoms with Gasteiger partial charge >= 0.3 is 0 Å². The third-order valence-electron chi connectivity index (χ3n) is 1.60. The lowest BCUT2D eigenvalue weighted by atomic mass is 9.99. The van der Waals surface area contributed by atoms with Crippen molar-refractivity contribution in [2.45, 2.75) is 13.0 Å². The molecule has 0 bridgehead atoms. The summed E-state index contributed by atoms with van der Waals surface area (Å²) < 4.78 is 0. The van der Waals surface area contributed by atoms with Gasteiger partial charge in [-0.05, 0) is 13.0 Å². The van der Waals surface area contributed by atoms with Crippen LogP contribution in [0.2, 0.25) is 0 Å². The van der Waals surface area contributed by atoms with Gasteiger partial charge in [0, 0.05) is 11.5 Å². The molecule has 0 heterocycles. The molecule has 1 aliphatic carbocycles. The van der Waals surface area contributed by atoms with Gasteiger partial charge in [-0.3, -0.25) is 0 Å². The molecule has 0 aromatic carbocycles. The summed E-state index contributed by atoms with van der Waals surface area (Å²) in [5.74, 6) is -0.0787. The van der Waals surface area contributed by atoms with Gasteiger partial charge in [-0.25, -0.2) is 0 Å². The van der Waals surface area contributed by atoms with Crippen molar-refractivity contribution < 1.29 is 5.11 Å². The highest BCUT2D eigenvalue weighted by Gasteiger charge is 2.18. The first-order chi connectivity index (χ1) is 4.75. The fourth-order valence-corrected chi connectivity index (χ4v) is 1.03. The minimum absolute atomic E-state index is 0.0787. The van der Waals surface area contributed by atoms with E-state index in [4.69, 9.17) is 10.4 Å². The van der Waals surface area contributed by atoms with Gasteiger partial charge in [0.1, 0.15) is 0 Å². The van der Waals surface area contributed by atoms with Crippen LogP contribution in [0.15, 0.2) is 23.8 Å². The SMILES string of the molecule is CC(O)C1C=CC=C1C#N. The Labute approximate surface area is 60.1 Å². The van der Waals surface area contributed by atoms with Crippen LogP contribution in [-0.4, -0.2) is 11.2 Å². The van der Waals surface area contributed by atoms with Gasteiger partial charge in [0.15, 0.2) is 0 Å². The standard InChI is InChI=1S/C8H9NO/c1-6(10)8-4-2-3-7(8)5-9/h2-4,6,8,10H,1H3. The van der Waals surface area contributed by atoms with Crippen molar-refractivity contribution in [1.82, 2.24) is 0 Å². The van der Waals surface area contributed by atoms with E-state index in [1.165, 1.54) is 0 Å². The Bertz CT molecular complexity index is 220. The van der Waals surface area contributed by atoms with Gasteiger partial charge in [-0.1, -0.05) is 12.2 Å². The van der Waals surface area contributed by atoms with Gasteiger partial charge < -0.3 is 5.11 Å². The molecule has 0 amide bonds. The molecule has 1 rings (SSSR count). The Morgan fingerprint density at radius 2 is 2.50 bits per heavy atom. The lowest BCUT2D eigenvalue weighted by Crippen LogP contribution is -2.13. The average molecular weight is 135 g/mol. The molecule has 0 aliphatic heterocycles. The first-order valence-corrected chi connectivity index (χ1v) is 3.22. The van der Waals surface area contributed by atoms with E-state index >= 15 is 0 Å². The van der Waals surface area contributed by atoms with Crippen molar-refractivity contribution in [3.05, 3.63) is 23.8 Å². The summed E-state index contributed by atoms with van der Waals surface area (Å²) in [4.78, 5) is 0. The van der Waals surface area contributed by atoms with Crippen LogP contribution in [0.25, 0.3) is 0 Å². The van der Waals surface area contributed by atoms with Crippen LogP contribution in [0.4, 0.5) is 0 Å². The summed E-state index contributed by atoms with van der Waals surface area (Å²) in [6.45, 7) is 1.69. The molecule has 0 fully saturated rings. The maximum absolute atomic E-state index is 9.11. The number of nitrogens with zero attached hydrogens (tertiary/aromatic N) is 1. The molecular weight excluding hydrogens is 126 g/mol. The molecule has 0 saturated carbocycles. The lowest BCUT2D eigenvalue weighted by molar-refractivity contribution is 0.167. The quantitative estimate of drug-likeness (QED) is 0.583. The fourth-order valence-electron chi connectivity index (χ4n) is 1.03. The van der Waals surface area contributed by atoms with Crippen LogP contribution in [0.1, 0.15) is 6.92 Å². The van der Waals surface area contributed by atoms with E-state index in [9.17, 15) is 0 Å². The summed E-state index contributed by atoms with van der Waals surface area (Å²) in [5, 5.41) is 17.6. The zero-order chi connectivity index (χ0) is 7.56. The van der Waals surface area contributed by atoms with Crippen molar-refractivity contribution in [1.29, 1.82) is 5.26 Å². The molecule has 1 aliphatic rings. The third kappa shape index (κ3) is 1.09. The van der Waals surface area contributed by atoms with E-state index in [1.807, 2.05) is 12.1 Å². The highest BCUT2D eigenvalue weighted by atomic mass is 16.3. The van der Waals surface area contributed by atoms with E-state index in [0.29, 0.717) is 5.57 Å². The lowest BCUT2D eigenvalue weighted by Gasteiger charge is -2.10. The number of rotatable bonds is 1. The van der Waals surface area contributed by atoms with Gasteiger partial charge in [-0.15, -0.1) is 0 Å². The maximum Gasteiger partial charge on any atom is 0.0954 e. The second-order valence-corrected chi connectivity index (χ2v) is 2.39. The molecule has 52 valence electrons. The Kier molecular flexibility index (Phi) is 1.88. The van der Waals surface area contributed by atoms with Crippen LogP contribution < -0.4 is 0 Å². The Balaban J connectivity index is 2.74. The number of aliphatic hydroxyl groups excluding tert-OH is 1. The van der Waals surface area contributed by atoms with Crippen LogP contribution in [0, 0.1) is 17.2 Å². The minimum Gasteiger partial charge on any atom is -0.392 e. The van der Waals surface area contributed by atoms with Crippen molar-refractivity contribution in [3.63, 3.8) is 0 Å². The van der Waals surface area contributed by atoms with E-state index in [2.05, 4.69) is 0 Å². The molecule has 0 saturated heterocycles. The first-order valence-electron chi connectivity index (χ1n) is 3.22. The predicted octanol–water partition coefficient (Wildman–Crippen LogP) is 1.00. The minimum atomic E-state index is -0.454. The predicted molar refractivity (Wildman–Crippen MR) is 38.0 cm³/mol. The van der Waals surface area contributed by atoms with Crippen molar-refractivity contribution >= 4 is 0 Å². The van der Waals surface area contributed by atoms with Gasteiger partial charge in [0.05, 0.1) is 12.2 Å². The van der Waals surface area contributed by atoms with Gasteiger partial charge in [-0.2, -0.15) is 5.26 Å². The van der Waals surface area contributed by atoms with E-state index < -0.39 is 6.10 Å². The maximum atomic E-state index is 9.11. The average Bonchev–Trinajstić information content (AvgIpc) is 2.33. The summed E-state index contributed by atoms with van der Waals surface area (Å²) in [7, 11) is 0. The van der Waals surface area contributed by atoms with E-state index in [1.54, 1.807) is 19.1 Å². The van der Waals surface area contributed by atoms with Crippen molar-refractivity contribution in [3.8, 4) is 6.07 Å².